The molecule has 0 amide bonds. The Morgan fingerprint density at radius 2 is 2.20 bits per heavy atom. The summed E-state index contributed by atoms with van der Waals surface area (Å²) < 4.78 is 1.18. The van der Waals surface area contributed by atoms with Crippen LogP contribution in [0.25, 0.3) is 0 Å². The van der Waals surface area contributed by atoms with Gasteiger partial charge in [-0.2, -0.15) is 0 Å². The van der Waals surface area contributed by atoms with Crippen molar-refractivity contribution >= 4 is 15.9 Å². The van der Waals surface area contributed by atoms with E-state index in [1.54, 1.807) is 0 Å². The van der Waals surface area contributed by atoms with Gasteiger partial charge >= 0.3 is 0 Å². The van der Waals surface area contributed by atoms with Gasteiger partial charge in [0.2, 0.25) is 0 Å². The van der Waals surface area contributed by atoms with E-state index in [9.17, 15) is 0 Å². The summed E-state index contributed by atoms with van der Waals surface area (Å²) in [5.74, 6) is 0.719. The Bertz CT molecular complexity index is 444. The minimum Gasteiger partial charge on any atom is -0.0802 e. The standard InChI is InChI=1S/C14H13Br/c15-13-6-3-5-12(10-13)14-8-2-1-4-11(14)7-9-14/h1-6,8,10-11H,7,9H2. The van der Waals surface area contributed by atoms with Gasteiger partial charge in [-0.05, 0) is 36.5 Å². The highest BCUT2D eigenvalue weighted by Gasteiger charge is 2.45. The maximum absolute atomic E-state index is 3.55. The summed E-state index contributed by atoms with van der Waals surface area (Å²) in [5.41, 5.74) is 1.76. The van der Waals surface area contributed by atoms with Gasteiger partial charge in [0, 0.05) is 9.89 Å². The second-order valence-corrected chi connectivity index (χ2v) is 5.36. The molecule has 2 unspecified atom stereocenters. The van der Waals surface area contributed by atoms with Crippen LogP contribution in [0.2, 0.25) is 0 Å². The molecule has 3 rings (SSSR count). The summed E-state index contributed by atoms with van der Waals surface area (Å²) in [6.07, 6.45) is 11.7. The molecule has 0 radical (unpaired) electrons. The summed E-state index contributed by atoms with van der Waals surface area (Å²) in [6.45, 7) is 0. The summed E-state index contributed by atoms with van der Waals surface area (Å²) >= 11 is 3.55. The predicted molar refractivity (Wildman–Crippen MR) is 66.8 cm³/mol. The molecule has 1 heteroatoms. The molecule has 0 spiro atoms. The van der Waals surface area contributed by atoms with E-state index in [2.05, 4.69) is 64.5 Å². The Morgan fingerprint density at radius 3 is 2.87 bits per heavy atom. The molecule has 1 saturated carbocycles. The van der Waals surface area contributed by atoms with Crippen LogP contribution < -0.4 is 0 Å². The van der Waals surface area contributed by atoms with Crippen molar-refractivity contribution in [1.82, 2.24) is 0 Å². The zero-order valence-corrected chi connectivity index (χ0v) is 10.1. The largest absolute Gasteiger partial charge is 0.0802 e. The number of hydrogen-bond donors (Lipinski definition) is 0. The van der Waals surface area contributed by atoms with E-state index in [1.165, 1.54) is 22.9 Å². The third kappa shape index (κ3) is 1.33. The molecule has 0 bridgehead atoms. The maximum atomic E-state index is 3.55. The minimum atomic E-state index is 0.304. The summed E-state index contributed by atoms with van der Waals surface area (Å²) in [6, 6.07) is 8.74. The first-order valence-corrected chi connectivity index (χ1v) is 6.23. The van der Waals surface area contributed by atoms with Gasteiger partial charge in [-0.15, -0.1) is 0 Å². The second-order valence-electron chi connectivity index (χ2n) is 4.44. The zero-order chi connectivity index (χ0) is 10.3. The highest BCUT2D eigenvalue weighted by atomic mass is 79.9. The van der Waals surface area contributed by atoms with Crippen LogP contribution in [0.1, 0.15) is 18.4 Å². The second kappa shape index (κ2) is 3.34. The molecule has 1 fully saturated rings. The van der Waals surface area contributed by atoms with Gasteiger partial charge in [-0.1, -0.05) is 52.4 Å². The van der Waals surface area contributed by atoms with Gasteiger partial charge in [-0.3, -0.25) is 0 Å². The summed E-state index contributed by atoms with van der Waals surface area (Å²) in [7, 11) is 0. The summed E-state index contributed by atoms with van der Waals surface area (Å²) in [4.78, 5) is 0. The molecule has 2 atom stereocenters. The highest BCUT2D eigenvalue weighted by molar-refractivity contribution is 9.10. The molecule has 76 valence electrons. The van der Waals surface area contributed by atoms with Crippen molar-refractivity contribution in [3.05, 3.63) is 58.6 Å². The van der Waals surface area contributed by atoms with E-state index < -0.39 is 0 Å². The Hall–Kier alpha value is -0.820. The van der Waals surface area contributed by atoms with Crippen molar-refractivity contribution in [3.63, 3.8) is 0 Å². The number of rotatable bonds is 1. The van der Waals surface area contributed by atoms with E-state index in [0.717, 1.165) is 5.92 Å². The smallest absolute Gasteiger partial charge is 0.0198 e. The molecular formula is C14H13Br. The molecule has 1 aromatic carbocycles. The number of benzene rings is 1. The van der Waals surface area contributed by atoms with E-state index in [-0.39, 0.29) is 0 Å². The quantitative estimate of drug-likeness (QED) is 0.709. The first kappa shape index (κ1) is 9.41. The molecule has 2 aliphatic rings. The average Bonchev–Trinajstić information content (AvgIpc) is 2.20. The van der Waals surface area contributed by atoms with Crippen LogP contribution in [0.5, 0.6) is 0 Å². The molecule has 1 aromatic rings. The van der Waals surface area contributed by atoms with Crippen LogP contribution >= 0.6 is 15.9 Å². The van der Waals surface area contributed by atoms with Crippen LogP contribution in [-0.4, -0.2) is 0 Å². The van der Waals surface area contributed by atoms with Crippen LogP contribution in [0.15, 0.2) is 53.0 Å². The number of allylic oxidation sites excluding steroid dienone is 4. The number of hydrogen-bond acceptors (Lipinski definition) is 0. The van der Waals surface area contributed by atoms with Gasteiger partial charge in [0.05, 0.1) is 0 Å². The molecule has 15 heavy (non-hydrogen) atoms. The predicted octanol–water partition coefficient (Wildman–Crippen LogP) is 4.22. The zero-order valence-electron chi connectivity index (χ0n) is 8.49. The molecule has 0 N–H and O–H groups in total. The fraction of sp³-hybridized carbons (Fsp3) is 0.286. The third-order valence-corrected chi connectivity index (χ3v) is 4.23. The molecule has 0 aliphatic heterocycles. The van der Waals surface area contributed by atoms with E-state index >= 15 is 0 Å². The van der Waals surface area contributed by atoms with Crippen LogP contribution in [0, 0.1) is 5.92 Å². The van der Waals surface area contributed by atoms with Crippen molar-refractivity contribution in [1.29, 1.82) is 0 Å². The average molecular weight is 261 g/mol. The van der Waals surface area contributed by atoms with E-state index in [0.29, 0.717) is 5.41 Å². The molecular weight excluding hydrogens is 248 g/mol. The topological polar surface area (TPSA) is 0 Å². The molecule has 0 aromatic heterocycles. The first-order valence-electron chi connectivity index (χ1n) is 5.43. The fourth-order valence-electron chi connectivity index (χ4n) is 2.76. The van der Waals surface area contributed by atoms with Gasteiger partial charge in [0.15, 0.2) is 0 Å². The normalized spacial score (nSPS) is 32.2. The minimum absolute atomic E-state index is 0.304. The lowest BCUT2D eigenvalue weighted by Crippen LogP contribution is -2.42. The van der Waals surface area contributed by atoms with Gasteiger partial charge in [0.25, 0.3) is 0 Å². The first-order chi connectivity index (χ1) is 7.31. The lowest BCUT2D eigenvalue weighted by Gasteiger charge is -2.48. The van der Waals surface area contributed by atoms with Crippen LogP contribution in [-0.2, 0) is 5.41 Å². The number of fused-ring (bicyclic) bond motifs is 1. The SMILES string of the molecule is Brc1cccc(C23C=CC=CC2CC3)c1. The highest BCUT2D eigenvalue weighted by Crippen LogP contribution is 2.52. The maximum Gasteiger partial charge on any atom is 0.0198 e. The Morgan fingerprint density at radius 1 is 1.27 bits per heavy atom. The Balaban J connectivity index is 2.06. The van der Waals surface area contributed by atoms with Gasteiger partial charge in [0.1, 0.15) is 0 Å². The number of halogens is 1. The van der Waals surface area contributed by atoms with E-state index in [1.807, 2.05) is 0 Å². The summed E-state index contributed by atoms with van der Waals surface area (Å²) in [5, 5.41) is 0. The molecule has 0 saturated heterocycles. The third-order valence-electron chi connectivity index (χ3n) is 3.74. The Labute approximate surface area is 98.8 Å². The molecule has 2 aliphatic carbocycles. The van der Waals surface area contributed by atoms with Crippen molar-refractivity contribution < 1.29 is 0 Å². The van der Waals surface area contributed by atoms with Crippen molar-refractivity contribution in [2.45, 2.75) is 18.3 Å². The van der Waals surface area contributed by atoms with Crippen molar-refractivity contribution in [2.24, 2.45) is 5.92 Å². The Kier molecular flexibility index (Phi) is 2.10. The van der Waals surface area contributed by atoms with Crippen LogP contribution in [0.4, 0.5) is 0 Å². The van der Waals surface area contributed by atoms with E-state index in [4.69, 9.17) is 0 Å². The lowest BCUT2D eigenvalue weighted by atomic mass is 9.55. The fourth-order valence-corrected chi connectivity index (χ4v) is 3.15. The van der Waals surface area contributed by atoms with Crippen molar-refractivity contribution in [3.8, 4) is 0 Å². The molecule has 0 nitrogen and oxygen atoms in total. The lowest BCUT2D eigenvalue weighted by molar-refractivity contribution is 0.221. The van der Waals surface area contributed by atoms with Crippen LogP contribution in [0.3, 0.4) is 0 Å². The van der Waals surface area contributed by atoms with Gasteiger partial charge < -0.3 is 0 Å². The molecule has 0 heterocycles. The monoisotopic (exact) mass is 260 g/mol. The van der Waals surface area contributed by atoms with Gasteiger partial charge in [-0.25, -0.2) is 0 Å². The van der Waals surface area contributed by atoms with Crippen molar-refractivity contribution in [2.75, 3.05) is 0 Å².